The summed E-state index contributed by atoms with van der Waals surface area (Å²) < 4.78 is 1.17. The number of aryl methyl sites for hydroxylation is 1. The lowest BCUT2D eigenvalue weighted by molar-refractivity contribution is 0.895. The molecule has 1 unspecified atom stereocenters. The van der Waals surface area contributed by atoms with Gasteiger partial charge in [-0.05, 0) is 42.5 Å². The van der Waals surface area contributed by atoms with E-state index in [9.17, 15) is 0 Å². The van der Waals surface area contributed by atoms with Crippen LogP contribution >= 0.6 is 15.9 Å². The van der Waals surface area contributed by atoms with Crippen LogP contribution in [0.1, 0.15) is 24.5 Å². The van der Waals surface area contributed by atoms with Crippen molar-refractivity contribution in [2.24, 2.45) is 5.73 Å². The molecule has 0 fully saturated rings. The topological polar surface area (TPSA) is 26.0 Å². The number of allylic oxidation sites excluding steroid dienone is 1. The molecule has 1 atom stereocenters. The highest BCUT2D eigenvalue weighted by Gasteiger charge is 2.17. The molecule has 1 aliphatic rings. The summed E-state index contributed by atoms with van der Waals surface area (Å²) in [7, 11) is 0. The first kappa shape index (κ1) is 9.94. The number of benzene rings is 1. The minimum absolute atomic E-state index is 0.118. The van der Waals surface area contributed by atoms with Gasteiger partial charge in [-0.1, -0.05) is 34.1 Å². The second-order valence-corrected chi connectivity index (χ2v) is 4.62. The molecule has 0 saturated heterocycles. The van der Waals surface area contributed by atoms with E-state index in [0.29, 0.717) is 0 Å². The molecule has 0 heterocycles. The third-order valence-electron chi connectivity index (χ3n) is 2.66. The first-order valence-corrected chi connectivity index (χ1v) is 5.73. The Hall–Kier alpha value is -0.600. The summed E-state index contributed by atoms with van der Waals surface area (Å²) in [6, 6.07) is 6.48. The van der Waals surface area contributed by atoms with Crippen molar-refractivity contribution in [2.75, 3.05) is 0 Å². The quantitative estimate of drug-likeness (QED) is 0.816. The van der Waals surface area contributed by atoms with E-state index in [0.717, 1.165) is 12.8 Å². The molecular formula is C12H14BrN. The highest BCUT2D eigenvalue weighted by atomic mass is 79.9. The number of hydrogen-bond acceptors (Lipinski definition) is 1. The van der Waals surface area contributed by atoms with Crippen LogP contribution < -0.4 is 5.73 Å². The van der Waals surface area contributed by atoms with Gasteiger partial charge in [0.15, 0.2) is 0 Å². The maximum atomic E-state index is 5.96. The van der Waals surface area contributed by atoms with E-state index >= 15 is 0 Å². The normalized spacial score (nSPS) is 17.2. The van der Waals surface area contributed by atoms with Gasteiger partial charge in [0.25, 0.3) is 0 Å². The molecular weight excluding hydrogens is 238 g/mol. The lowest BCUT2D eigenvalue weighted by atomic mass is 9.88. The molecule has 74 valence electrons. The Bertz CT molecular complexity index is 380. The molecule has 0 radical (unpaired) electrons. The molecule has 0 aromatic heterocycles. The molecule has 14 heavy (non-hydrogen) atoms. The van der Waals surface area contributed by atoms with Gasteiger partial charge in [0, 0.05) is 10.5 Å². The van der Waals surface area contributed by atoms with Gasteiger partial charge >= 0.3 is 0 Å². The summed E-state index contributed by atoms with van der Waals surface area (Å²) in [5.41, 5.74) is 9.96. The molecule has 0 aliphatic heterocycles. The number of halogens is 1. The van der Waals surface area contributed by atoms with Crippen LogP contribution in [-0.2, 0) is 6.42 Å². The summed E-state index contributed by atoms with van der Waals surface area (Å²) in [6.45, 7) is 2.04. The molecule has 2 N–H and O–H groups in total. The number of fused-ring (bicyclic) bond motifs is 1. The molecule has 1 aliphatic carbocycles. The van der Waals surface area contributed by atoms with Crippen LogP contribution in [0.25, 0.3) is 5.57 Å². The Kier molecular flexibility index (Phi) is 2.75. The maximum absolute atomic E-state index is 5.96. The third-order valence-corrected chi connectivity index (χ3v) is 3.32. The van der Waals surface area contributed by atoms with Gasteiger partial charge < -0.3 is 5.73 Å². The van der Waals surface area contributed by atoms with E-state index in [-0.39, 0.29) is 6.04 Å². The van der Waals surface area contributed by atoms with Crippen molar-refractivity contribution in [3.63, 3.8) is 0 Å². The van der Waals surface area contributed by atoms with Crippen LogP contribution in [0.3, 0.4) is 0 Å². The molecule has 1 nitrogen and oxygen atoms in total. The number of rotatable bonds is 1. The highest BCUT2D eigenvalue weighted by molar-refractivity contribution is 9.10. The van der Waals surface area contributed by atoms with Gasteiger partial charge in [-0.2, -0.15) is 0 Å². The third kappa shape index (κ3) is 1.64. The van der Waals surface area contributed by atoms with Crippen molar-refractivity contribution in [3.05, 3.63) is 39.9 Å². The Morgan fingerprint density at radius 1 is 1.43 bits per heavy atom. The molecule has 0 amide bonds. The average Bonchev–Trinajstić information content (AvgIpc) is 2.17. The van der Waals surface area contributed by atoms with Gasteiger partial charge in [0.1, 0.15) is 0 Å². The highest BCUT2D eigenvalue weighted by Crippen LogP contribution is 2.33. The largest absolute Gasteiger partial charge is 0.324 e. The molecule has 2 rings (SSSR count). The molecule has 1 aromatic rings. The van der Waals surface area contributed by atoms with Gasteiger partial charge in [-0.3, -0.25) is 0 Å². The molecule has 1 aromatic carbocycles. The zero-order valence-corrected chi connectivity index (χ0v) is 9.84. The smallest absolute Gasteiger partial charge is 0.0269 e. The lowest BCUT2D eigenvalue weighted by Gasteiger charge is -2.21. The Labute approximate surface area is 93.1 Å². The zero-order chi connectivity index (χ0) is 10.1. The van der Waals surface area contributed by atoms with E-state index in [4.69, 9.17) is 5.73 Å². The van der Waals surface area contributed by atoms with Crippen molar-refractivity contribution < 1.29 is 0 Å². The van der Waals surface area contributed by atoms with Crippen LogP contribution in [0.2, 0.25) is 0 Å². The Morgan fingerprint density at radius 3 is 2.93 bits per heavy atom. The average molecular weight is 252 g/mol. The SMILES string of the molecule is CC(N)C1=CCCc2cccc(Br)c21. The van der Waals surface area contributed by atoms with E-state index in [1.165, 1.54) is 21.2 Å². The van der Waals surface area contributed by atoms with E-state index < -0.39 is 0 Å². The molecule has 0 saturated carbocycles. The van der Waals surface area contributed by atoms with E-state index in [2.05, 4.69) is 40.2 Å². The van der Waals surface area contributed by atoms with Crippen molar-refractivity contribution in [1.82, 2.24) is 0 Å². The van der Waals surface area contributed by atoms with Crippen molar-refractivity contribution in [2.45, 2.75) is 25.8 Å². The first-order chi connectivity index (χ1) is 6.70. The predicted octanol–water partition coefficient (Wildman–Crippen LogP) is 3.13. The summed E-state index contributed by atoms with van der Waals surface area (Å²) in [6.07, 6.45) is 4.50. The Balaban J connectivity index is 2.56. The number of hydrogen-bond donors (Lipinski definition) is 1. The molecule has 0 bridgehead atoms. The van der Waals surface area contributed by atoms with Gasteiger partial charge in [0.05, 0.1) is 0 Å². The minimum atomic E-state index is 0.118. The van der Waals surface area contributed by atoms with Gasteiger partial charge in [-0.25, -0.2) is 0 Å². The van der Waals surface area contributed by atoms with E-state index in [1.807, 2.05) is 6.92 Å². The van der Waals surface area contributed by atoms with Crippen molar-refractivity contribution in [1.29, 1.82) is 0 Å². The number of nitrogens with two attached hydrogens (primary N) is 1. The van der Waals surface area contributed by atoms with Crippen molar-refractivity contribution in [3.8, 4) is 0 Å². The van der Waals surface area contributed by atoms with Crippen LogP contribution in [0.5, 0.6) is 0 Å². The Morgan fingerprint density at radius 2 is 2.21 bits per heavy atom. The van der Waals surface area contributed by atoms with Gasteiger partial charge in [-0.15, -0.1) is 0 Å². The summed E-state index contributed by atoms with van der Waals surface area (Å²) in [5, 5.41) is 0. The maximum Gasteiger partial charge on any atom is 0.0269 e. The van der Waals surface area contributed by atoms with Crippen LogP contribution in [0.4, 0.5) is 0 Å². The fraction of sp³-hybridized carbons (Fsp3) is 0.333. The van der Waals surface area contributed by atoms with Crippen molar-refractivity contribution >= 4 is 21.5 Å². The molecule has 2 heteroatoms. The fourth-order valence-electron chi connectivity index (χ4n) is 2.00. The summed E-state index contributed by atoms with van der Waals surface area (Å²) >= 11 is 3.59. The zero-order valence-electron chi connectivity index (χ0n) is 8.26. The van der Waals surface area contributed by atoms with Gasteiger partial charge in [0.2, 0.25) is 0 Å². The van der Waals surface area contributed by atoms with E-state index in [1.54, 1.807) is 0 Å². The van der Waals surface area contributed by atoms with Crippen LogP contribution in [-0.4, -0.2) is 6.04 Å². The van der Waals surface area contributed by atoms with Crippen LogP contribution in [0.15, 0.2) is 28.7 Å². The van der Waals surface area contributed by atoms with Crippen LogP contribution in [0, 0.1) is 0 Å². The fourth-order valence-corrected chi connectivity index (χ4v) is 2.64. The lowest BCUT2D eigenvalue weighted by Crippen LogP contribution is -2.19. The second kappa shape index (κ2) is 3.87. The predicted molar refractivity (Wildman–Crippen MR) is 64.1 cm³/mol. The minimum Gasteiger partial charge on any atom is -0.324 e. The second-order valence-electron chi connectivity index (χ2n) is 3.76. The standard InChI is InChI=1S/C12H14BrN/c1-8(14)10-6-2-4-9-5-3-7-11(13)12(9)10/h3,5-8H,2,4,14H2,1H3. The monoisotopic (exact) mass is 251 g/mol. The first-order valence-electron chi connectivity index (χ1n) is 4.93. The summed E-state index contributed by atoms with van der Waals surface area (Å²) in [5.74, 6) is 0. The summed E-state index contributed by atoms with van der Waals surface area (Å²) in [4.78, 5) is 0. The molecule has 0 spiro atoms.